The van der Waals surface area contributed by atoms with E-state index in [9.17, 15) is 5.11 Å². The third-order valence-electron chi connectivity index (χ3n) is 2.83. The Morgan fingerprint density at radius 3 is 2.65 bits per heavy atom. The molecular formula is C12H15N3OS. The zero-order valence-electron chi connectivity index (χ0n) is 9.56. The van der Waals surface area contributed by atoms with Gasteiger partial charge >= 0.3 is 0 Å². The molecule has 0 bridgehead atoms. The Morgan fingerprint density at radius 1 is 1.41 bits per heavy atom. The number of rotatable bonds is 4. The molecule has 4 nitrogen and oxygen atoms in total. The van der Waals surface area contributed by atoms with Crippen molar-refractivity contribution in [3.8, 4) is 0 Å². The van der Waals surface area contributed by atoms with E-state index in [4.69, 9.17) is 0 Å². The Morgan fingerprint density at radius 2 is 2.12 bits per heavy atom. The molecule has 17 heavy (non-hydrogen) atoms. The van der Waals surface area contributed by atoms with Crippen molar-refractivity contribution >= 4 is 12.6 Å². The summed E-state index contributed by atoms with van der Waals surface area (Å²) in [5, 5.41) is 14.6. The van der Waals surface area contributed by atoms with Crippen LogP contribution in [-0.4, -0.2) is 25.1 Å². The first-order valence-electron chi connectivity index (χ1n) is 5.41. The molecule has 2 rings (SSSR count). The van der Waals surface area contributed by atoms with Crippen molar-refractivity contribution in [3.63, 3.8) is 0 Å². The molecule has 1 heterocycles. The van der Waals surface area contributed by atoms with E-state index in [0.29, 0.717) is 6.54 Å². The average molecular weight is 249 g/mol. The summed E-state index contributed by atoms with van der Waals surface area (Å²) in [7, 11) is 0. The van der Waals surface area contributed by atoms with E-state index in [-0.39, 0.29) is 5.25 Å². The molecule has 0 amide bonds. The van der Waals surface area contributed by atoms with Crippen LogP contribution in [0.2, 0.25) is 0 Å². The SMILES string of the molecule is CC(S)[C@](O)(Cn1cncn1)c1ccccc1. The second-order valence-electron chi connectivity index (χ2n) is 4.06. The zero-order valence-corrected chi connectivity index (χ0v) is 10.5. The van der Waals surface area contributed by atoms with Gasteiger partial charge in [-0.3, -0.25) is 0 Å². The summed E-state index contributed by atoms with van der Waals surface area (Å²) in [5.41, 5.74) is -0.226. The van der Waals surface area contributed by atoms with Gasteiger partial charge in [0.15, 0.2) is 0 Å². The van der Waals surface area contributed by atoms with Crippen LogP contribution < -0.4 is 0 Å². The molecule has 0 aliphatic rings. The molecule has 1 aromatic carbocycles. The fraction of sp³-hybridized carbons (Fsp3) is 0.333. The molecule has 0 spiro atoms. The third kappa shape index (κ3) is 2.50. The fourth-order valence-electron chi connectivity index (χ4n) is 1.75. The minimum Gasteiger partial charge on any atom is -0.382 e. The first-order chi connectivity index (χ1) is 8.13. The Labute approximate surface area is 106 Å². The van der Waals surface area contributed by atoms with E-state index in [1.165, 1.54) is 6.33 Å². The van der Waals surface area contributed by atoms with Crippen molar-refractivity contribution in [1.82, 2.24) is 14.8 Å². The van der Waals surface area contributed by atoms with Crippen molar-refractivity contribution in [2.24, 2.45) is 0 Å². The monoisotopic (exact) mass is 249 g/mol. The van der Waals surface area contributed by atoms with Gasteiger partial charge in [0.25, 0.3) is 0 Å². The highest BCUT2D eigenvalue weighted by Gasteiger charge is 2.34. The van der Waals surface area contributed by atoms with E-state index in [2.05, 4.69) is 22.7 Å². The van der Waals surface area contributed by atoms with Crippen LogP contribution in [0.25, 0.3) is 0 Å². The highest BCUT2D eigenvalue weighted by Crippen LogP contribution is 2.29. The number of benzene rings is 1. The largest absolute Gasteiger partial charge is 0.382 e. The van der Waals surface area contributed by atoms with E-state index < -0.39 is 5.60 Å². The molecule has 2 atom stereocenters. The summed E-state index contributed by atoms with van der Waals surface area (Å²) in [6, 6.07) is 9.51. The summed E-state index contributed by atoms with van der Waals surface area (Å²) in [4.78, 5) is 3.88. The van der Waals surface area contributed by atoms with Gasteiger partial charge in [0, 0.05) is 5.25 Å². The quantitative estimate of drug-likeness (QED) is 0.807. The Kier molecular flexibility index (Phi) is 3.49. The maximum absolute atomic E-state index is 10.8. The molecule has 0 saturated carbocycles. The van der Waals surface area contributed by atoms with Gasteiger partial charge in [-0.15, -0.1) is 0 Å². The van der Waals surface area contributed by atoms with Crippen molar-refractivity contribution < 1.29 is 5.11 Å². The smallest absolute Gasteiger partial charge is 0.137 e. The van der Waals surface area contributed by atoms with Crippen molar-refractivity contribution in [3.05, 3.63) is 48.5 Å². The Balaban J connectivity index is 2.33. The predicted molar refractivity (Wildman–Crippen MR) is 68.8 cm³/mol. The summed E-state index contributed by atoms with van der Waals surface area (Å²) >= 11 is 4.39. The Hall–Kier alpha value is -1.33. The number of nitrogens with zero attached hydrogens (tertiary/aromatic N) is 3. The fourth-order valence-corrected chi connectivity index (χ4v) is 1.98. The summed E-state index contributed by atoms with van der Waals surface area (Å²) in [5.74, 6) is 0. The second kappa shape index (κ2) is 4.89. The van der Waals surface area contributed by atoms with Gasteiger partial charge in [-0.1, -0.05) is 37.3 Å². The van der Waals surface area contributed by atoms with Crippen LogP contribution in [0, 0.1) is 0 Å². The van der Waals surface area contributed by atoms with Gasteiger partial charge in [-0.2, -0.15) is 17.7 Å². The number of hydrogen-bond acceptors (Lipinski definition) is 4. The molecule has 90 valence electrons. The van der Waals surface area contributed by atoms with Crippen LogP contribution in [0.5, 0.6) is 0 Å². The van der Waals surface area contributed by atoms with Gasteiger partial charge < -0.3 is 5.11 Å². The van der Waals surface area contributed by atoms with Crippen LogP contribution in [-0.2, 0) is 12.1 Å². The van der Waals surface area contributed by atoms with Gasteiger partial charge in [0.2, 0.25) is 0 Å². The molecular weight excluding hydrogens is 234 g/mol. The zero-order chi connectivity index (χ0) is 12.3. The first kappa shape index (κ1) is 12.1. The molecule has 5 heteroatoms. The highest BCUT2D eigenvalue weighted by molar-refractivity contribution is 7.81. The molecule has 1 aromatic heterocycles. The lowest BCUT2D eigenvalue weighted by molar-refractivity contribution is 0.0172. The maximum Gasteiger partial charge on any atom is 0.137 e. The number of aliphatic hydroxyl groups is 1. The van der Waals surface area contributed by atoms with Crippen LogP contribution in [0.4, 0.5) is 0 Å². The van der Waals surface area contributed by atoms with E-state index in [1.54, 1.807) is 11.0 Å². The molecule has 2 aromatic rings. The topological polar surface area (TPSA) is 50.9 Å². The van der Waals surface area contributed by atoms with Crippen LogP contribution in [0.15, 0.2) is 43.0 Å². The van der Waals surface area contributed by atoms with Crippen LogP contribution in [0.1, 0.15) is 12.5 Å². The molecule has 1 unspecified atom stereocenters. The number of thiol groups is 1. The van der Waals surface area contributed by atoms with Gasteiger partial charge in [0.05, 0.1) is 6.54 Å². The molecule has 1 N–H and O–H groups in total. The summed E-state index contributed by atoms with van der Waals surface area (Å²) in [6.07, 6.45) is 3.04. The number of hydrogen-bond donors (Lipinski definition) is 2. The van der Waals surface area contributed by atoms with Crippen molar-refractivity contribution in [2.45, 2.75) is 24.3 Å². The lowest BCUT2D eigenvalue weighted by Gasteiger charge is -2.31. The average Bonchev–Trinajstić information content (AvgIpc) is 2.82. The predicted octanol–water partition coefficient (Wildman–Crippen LogP) is 1.48. The summed E-state index contributed by atoms with van der Waals surface area (Å²) < 4.78 is 1.61. The van der Waals surface area contributed by atoms with E-state index in [0.717, 1.165) is 5.56 Å². The van der Waals surface area contributed by atoms with E-state index in [1.807, 2.05) is 37.3 Å². The molecule has 0 aliphatic carbocycles. The van der Waals surface area contributed by atoms with Gasteiger partial charge in [-0.05, 0) is 5.56 Å². The first-order valence-corrected chi connectivity index (χ1v) is 5.93. The Bertz CT molecular complexity index is 458. The van der Waals surface area contributed by atoms with Crippen molar-refractivity contribution in [2.75, 3.05) is 0 Å². The van der Waals surface area contributed by atoms with Crippen LogP contribution in [0.3, 0.4) is 0 Å². The van der Waals surface area contributed by atoms with Gasteiger partial charge in [-0.25, -0.2) is 9.67 Å². The molecule has 0 aliphatic heterocycles. The highest BCUT2D eigenvalue weighted by atomic mass is 32.1. The van der Waals surface area contributed by atoms with Crippen molar-refractivity contribution in [1.29, 1.82) is 0 Å². The second-order valence-corrected chi connectivity index (χ2v) is 4.83. The normalized spacial score (nSPS) is 16.4. The standard InChI is InChI=1S/C12H15N3OS/c1-10(17)12(16,7-15-9-13-8-14-15)11-5-3-2-4-6-11/h2-6,8-10,16-17H,7H2,1H3/t10?,12-/m1/s1. The molecule has 0 radical (unpaired) electrons. The van der Waals surface area contributed by atoms with E-state index >= 15 is 0 Å². The molecule has 0 saturated heterocycles. The summed E-state index contributed by atoms with van der Waals surface area (Å²) in [6.45, 7) is 2.20. The molecule has 0 fully saturated rings. The van der Waals surface area contributed by atoms with Gasteiger partial charge in [0.1, 0.15) is 18.3 Å². The maximum atomic E-state index is 10.8. The lowest BCUT2D eigenvalue weighted by Crippen LogP contribution is -2.39. The number of aromatic nitrogens is 3. The third-order valence-corrected chi connectivity index (χ3v) is 3.26. The minimum absolute atomic E-state index is 0.214. The minimum atomic E-state index is -1.06. The lowest BCUT2D eigenvalue weighted by atomic mass is 9.90. The van der Waals surface area contributed by atoms with Crippen LogP contribution >= 0.6 is 12.6 Å².